The molecule has 252 valence electrons. The van der Waals surface area contributed by atoms with E-state index in [-0.39, 0.29) is 17.5 Å². The highest BCUT2D eigenvalue weighted by atomic mass is 19.1. The minimum absolute atomic E-state index is 0.0853. The molecular formula is C35H40FN7O5. The molecule has 2 fully saturated rings. The number of urea groups is 1. The van der Waals surface area contributed by atoms with Gasteiger partial charge in [0.25, 0.3) is 5.56 Å². The standard InChI is InChI=1S/C35H40FN7O5/c1-23(42(30-16-15-26(47-2)22-31(30)48-3)35(46)38-25-13-11-24(36)12-14-25)32-39-28-9-5-4-8-27(28)33(44)43(32)41-20-18-40(19-21-41)34(45)29-10-6-7-17-37-29/h4-5,8-9,11-16,22-23,29,37H,6-7,10,17-21H2,1-3H3,(H,38,46). The van der Waals surface area contributed by atoms with E-state index in [1.165, 1.54) is 43.4 Å². The SMILES string of the molecule is COc1ccc(N(C(=O)Nc2ccc(F)cc2)C(C)c2nc3ccccc3c(=O)n2N2CCN(C(=O)C3CCCCN3)CC2)c(OC)c1. The molecule has 0 spiro atoms. The lowest BCUT2D eigenvalue weighted by molar-refractivity contribution is -0.134. The van der Waals surface area contributed by atoms with Crippen molar-refractivity contribution in [3.8, 4) is 11.5 Å². The van der Waals surface area contributed by atoms with Crippen molar-refractivity contribution in [2.24, 2.45) is 0 Å². The van der Waals surface area contributed by atoms with Crippen LogP contribution in [-0.2, 0) is 4.79 Å². The lowest BCUT2D eigenvalue weighted by Crippen LogP contribution is -2.59. The van der Waals surface area contributed by atoms with Gasteiger partial charge in [-0.15, -0.1) is 0 Å². The summed E-state index contributed by atoms with van der Waals surface area (Å²) in [7, 11) is 3.03. The molecule has 1 aromatic heterocycles. The van der Waals surface area contributed by atoms with Gasteiger partial charge in [-0.2, -0.15) is 0 Å². The molecule has 2 saturated heterocycles. The van der Waals surface area contributed by atoms with Gasteiger partial charge in [0.05, 0.1) is 56.0 Å². The number of anilines is 2. The number of nitrogens with one attached hydrogen (secondary N) is 2. The minimum Gasteiger partial charge on any atom is -0.497 e. The van der Waals surface area contributed by atoms with Gasteiger partial charge in [0.1, 0.15) is 17.3 Å². The Kier molecular flexibility index (Phi) is 9.76. The third-order valence-corrected chi connectivity index (χ3v) is 8.96. The van der Waals surface area contributed by atoms with Crippen LogP contribution in [0.4, 0.5) is 20.6 Å². The summed E-state index contributed by atoms with van der Waals surface area (Å²) in [5.74, 6) is 0.852. The van der Waals surface area contributed by atoms with Crippen molar-refractivity contribution in [1.29, 1.82) is 0 Å². The van der Waals surface area contributed by atoms with Crippen LogP contribution in [0.25, 0.3) is 10.9 Å². The second-order valence-electron chi connectivity index (χ2n) is 11.9. The van der Waals surface area contributed by atoms with Crippen molar-refractivity contribution < 1.29 is 23.5 Å². The van der Waals surface area contributed by atoms with Crippen LogP contribution in [0.15, 0.2) is 71.5 Å². The van der Waals surface area contributed by atoms with Crippen molar-refractivity contribution in [3.63, 3.8) is 0 Å². The van der Waals surface area contributed by atoms with Crippen LogP contribution in [0, 0.1) is 5.82 Å². The van der Waals surface area contributed by atoms with Gasteiger partial charge in [-0.25, -0.2) is 18.8 Å². The first-order valence-corrected chi connectivity index (χ1v) is 16.2. The molecule has 0 bridgehead atoms. The Labute approximate surface area is 278 Å². The fraction of sp³-hybridized carbons (Fsp3) is 0.371. The van der Waals surface area contributed by atoms with Crippen molar-refractivity contribution >= 4 is 34.2 Å². The lowest BCUT2D eigenvalue weighted by atomic mass is 10.0. The molecule has 0 aliphatic carbocycles. The molecule has 2 N–H and O–H groups in total. The summed E-state index contributed by atoms with van der Waals surface area (Å²) in [6.07, 6.45) is 2.91. The highest BCUT2D eigenvalue weighted by molar-refractivity contribution is 6.03. The Bertz CT molecular complexity index is 1840. The zero-order valence-corrected chi connectivity index (χ0v) is 27.3. The van der Waals surface area contributed by atoms with Crippen LogP contribution in [0.3, 0.4) is 0 Å². The van der Waals surface area contributed by atoms with Crippen LogP contribution >= 0.6 is 0 Å². The van der Waals surface area contributed by atoms with Gasteiger partial charge in [0.15, 0.2) is 5.82 Å². The van der Waals surface area contributed by atoms with E-state index >= 15 is 0 Å². The van der Waals surface area contributed by atoms with E-state index in [2.05, 4.69) is 10.6 Å². The Morgan fingerprint density at radius 1 is 1.00 bits per heavy atom. The summed E-state index contributed by atoms with van der Waals surface area (Å²) in [5.41, 5.74) is 0.980. The van der Waals surface area contributed by atoms with Gasteiger partial charge in [-0.3, -0.25) is 14.5 Å². The monoisotopic (exact) mass is 657 g/mol. The summed E-state index contributed by atoms with van der Waals surface area (Å²) in [6.45, 7) is 4.28. The first-order valence-electron chi connectivity index (χ1n) is 16.2. The number of piperidine rings is 1. The topological polar surface area (TPSA) is 121 Å². The predicted molar refractivity (Wildman–Crippen MR) is 182 cm³/mol. The van der Waals surface area contributed by atoms with Gasteiger partial charge < -0.3 is 30.0 Å². The van der Waals surface area contributed by atoms with E-state index in [1.807, 2.05) is 16.0 Å². The molecule has 2 aliphatic rings. The Morgan fingerprint density at radius 3 is 2.44 bits per heavy atom. The first-order chi connectivity index (χ1) is 23.3. The number of ether oxygens (including phenoxy) is 2. The lowest BCUT2D eigenvalue weighted by Gasteiger charge is -2.40. The number of hydrogen-bond acceptors (Lipinski definition) is 8. The van der Waals surface area contributed by atoms with Crippen LogP contribution in [-0.4, -0.2) is 79.5 Å². The molecule has 2 atom stereocenters. The number of halogens is 1. The number of hydrogen-bond donors (Lipinski definition) is 2. The fourth-order valence-electron chi connectivity index (χ4n) is 6.39. The van der Waals surface area contributed by atoms with E-state index in [0.717, 1.165) is 25.8 Å². The fourth-order valence-corrected chi connectivity index (χ4v) is 6.39. The van der Waals surface area contributed by atoms with Gasteiger partial charge in [-0.05, 0) is 74.8 Å². The zero-order chi connectivity index (χ0) is 33.8. The van der Waals surface area contributed by atoms with Crippen molar-refractivity contribution in [2.75, 3.05) is 62.2 Å². The number of carbonyl (C=O) groups is 2. The molecule has 2 aliphatic heterocycles. The Balaban J connectivity index is 1.40. The van der Waals surface area contributed by atoms with Crippen LogP contribution in [0.2, 0.25) is 0 Å². The zero-order valence-electron chi connectivity index (χ0n) is 27.3. The summed E-state index contributed by atoms with van der Waals surface area (Å²) in [4.78, 5) is 50.0. The first kappa shape index (κ1) is 32.8. The number of carbonyl (C=O) groups excluding carboxylic acids is 2. The van der Waals surface area contributed by atoms with E-state index in [0.29, 0.717) is 65.8 Å². The summed E-state index contributed by atoms with van der Waals surface area (Å²) < 4.78 is 26.3. The van der Waals surface area contributed by atoms with Crippen molar-refractivity contribution in [1.82, 2.24) is 19.9 Å². The largest absolute Gasteiger partial charge is 0.497 e. The van der Waals surface area contributed by atoms with Crippen LogP contribution in [0.1, 0.15) is 38.1 Å². The molecule has 3 heterocycles. The van der Waals surface area contributed by atoms with Gasteiger partial charge in [-0.1, -0.05) is 18.6 Å². The summed E-state index contributed by atoms with van der Waals surface area (Å²) >= 11 is 0. The molecule has 12 nitrogen and oxygen atoms in total. The highest BCUT2D eigenvalue weighted by Gasteiger charge is 2.34. The molecule has 0 saturated carbocycles. The second-order valence-corrected chi connectivity index (χ2v) is 11.9. The number of fused-ring (bicyclic) bond motifs is 1. The van der Waals surface area contributed by atoms with Crippen molar-refractivity contribution in [3.05, 3.63) is 88.7 Å². The van der Waals surface area contributed by atoms with Crippen molar-refractivity contribution in [2.45, 2.75) is 38.3 Å². The normalized spacial score (nSPS) is 17.1. The molecular weight excluding hydrogens is 617 g/mol. The van der Waals surface area contributed by atoms with Crippen LogP contribution < -0.4 is 35.6 Å². The number of nitrogens with zero attached hydrogens (tertiary/aromatic N) is 5. The molecule has 2 unspecified atom stereocenters. The maximum Gasteiger partial charge on any atom is 0.327 e. The third-order valence-electron chi connectivity index (χ3n) is 8.96. The molecule has 6 rings (SSSR count). The molecule has 3 amide bonds. The van der Waals surface area contributed by atoms with Gasteiger partial charge >= 0.3 is 6.03 Å². The van der Waals surface area contributed by atoms with Crippen LogP contribution in [0.5, 0.6) is 11.5 Å². The smallest absolute Gasteiger partial charge is 0.327 e. The van der Waals surface area contributed by atoms with E-state index in [1.54, 1.807) is 48.0 Å². The number of benzene rings is 3. The number of para-hydroxylation sites is 1. The van der Waals surface area contributed by atoms with E-state index < -0.39 is 17.9 Å². The molecule has 4 aromatic rings. The Morgan fingerprint density at radius 2 is 1.75 bits per heavy atom. The quantitative estimate of drug-likeness (QED) is 0.288. The predicted octanol–water partition coefficient (Wildman–Crippen LogP) is 4.27. The average molecular weight is 658 g/mol. The number of piperazine rings is 1. The summed E-state index contributed by atoms with van der Waals surface area (Å²) in [6, 6.07) is 16.1. The van der Waals surface area contributed by atoms with Gasteiger partial charge in [0.2, 0.25) is 5.91 Å². The molecule has 13 heteroatoms. The third kappa shape index (κ3) is 6.63. The maximum absolute atomic E-state index is 14.3. The van der Waals surface area contributed by atoms with E-state index in [4.69, 9.17) is 14.5 Å². The molecule has 0 radical (unpaired) electrons. The number of amides is 3. The average Bonchev–Trinajstić information content (AvgIpc) is 3.13. The highest BCUT2D eigenvalue weighted by Crippen LogP contribution is 2.37. The number of rotatable bonds is 8. The molecule has 3 aromatic carbocycles. The van der Waals surface area contributed by atoms with E-state index in [9.17, 15) is 18.8 Å². The number of methoxy groups -OCH3 is 2. The van der Waals surface area contributed by atoms with Gasteiger partial charge in [0, 0.05) is 24.8 Å². The second kappa shape index (κ2) is 14.3. The maximum atomic E-state index is 14.3. The molecule has 48 heavy (non-hydrogen) atoms. The Hall–Kier alpha value is -5.17. The summed E-state index contributed by atoms with van der Waals surface area (Å²) in [5, 5.41) is 8.52. The number of aromatic nitrogens is 2. The minimum atomic E-state index is -0.823.